The van der Waals surface area contributed by atoms with Gasteiger partial charge in [-0.25, -0.2) is 0 Å². The number of non-ortho nitro benzene ring substituents is 1. The summed E-state index contributed by atoms with van der Waals surface area (Å²) in [7, 11) is 0. The fourth-order valence-corrected chi connectivity index (χ4v) is 1.63. The summed E-state index contributed by atoms with van der Waals surface area (Å²) in [5, 5.41) is 18.2. The van der Waals surface area contributed by atoms with Crippen LogP contribution in [0.3, 0.4) is 0 Å². The molecule has 1 aliphatic heterocycles. The maximum Gasteiger partial charge on any atom is 0.271 e. The highest BCUT2D eigenvalue weighted by atomic mass is 16.6. The van der Waals surface area contributed by atoms with Crippen LogP contribution in [0.1, 0.15) is 5.82 Å². The third-order valence-electron chi connectivity index (χ3n) is 2.39. The first-order valence-corrected chi connectivity index (χ1v) is 4.56. The molecule has 16 heavy (non-hydrogen) atoms. The number of nitrogens with zero attached hydrogens (tertiary/aromatic N) is 4. The Bertz CT molecular complexity index is 578. The van der Waals surface area contributed by atoms with Crippen molar-refractivity contribution in [2.45, 2.75) is 6.61 Å². The predicted octanol–water partition coefficient (Wildman–Crippen LogP) is 1.07. The highest BCUT2D eigenvalue weighted by Crippen LogP contribution is 2.31. The second-order valence-electron chi connectivity index (χ2n) is 3.31. The van der Waals surface area contributed by atoms with Gasteiger partial charge >= 0.3 is 0 Å². The van der Waals surface area contributed by atoms with Crippen molar-refractivity contribution in [1.29, 1.82) is 0 Å². The van der Waals surface area contributed by atoms with Gasteiger partial charge in [0.25, 0.3) is 5.69 Å². The first-order valence-electron chi connectivity index (χ1n) is 4.56. The van der Waals surface area contributed by atoms with Gasteiger partial charge in [0.1, 0.15) is 18.7 Å². The maximum absolute atomic E-state index is 10.7. The number of aromatic nitrogens is 3. The molecule has 7 nitrogen and oxygen atoms in total. The second-order valence-corrected chi connectivity index (χ2v) is 3.31. The van der Waals surface area contributed by atoms with Crippen LogP contribution < -0.4 is 4.74 Å². The van der Waals surface area contributed by atoms with E-state index in [4.69, 9.17) is 4.74 Å². The van der Waals surface area contributed by atoms with Crippen LogP contribution in [0, 0.1) is 10.1 Å². The topological polar surface area (TPSA) is 83.1 Å². The molecule has 0 bridgehead atoms. The minimum atomic E-state index is -0.446. The van der Waals surface area contributed by atoms with Gasteiger partial charge in [-0.1, -0.05) is 0 Å². The van der Waals surface area contributed by atoms with Gasteiger partial charge in [0.05, 0.1) is 10.6 Å². The Balaban J connectivity index is 2.22. The predicted molar refractivity (Wildman–Crippen MR) is 52.3 cm³/mol. The number of nitro benzene ring substituents is 1. The van der Waals surface area contributed by atoms with Crippen molar-refractivity contribution < 1.29 is 9.66 Å². The number of hydrogen-bond donors (Lipinski definition) is 0. The Hall–Kier alpha value is -2.44. The monoisotopic (exact) mass is 218 g/mol. The molecule has 0 spiro atoms. The van der Waals surface area contributed by atoms with Gasteiger partial charge in [-0.05, 0) is 6.07 Å². The van der Waals surface area contributed by atoms with E-state index in [9.17, 15) is 10.1 Å². The summed E-state index contributed by atoms with van der Waals surface area (Å²) in [5.74, 6) is 1.23. The van der Waals surface area contributed by atoms with Crippen LogP contribution in [-0.4, -0.2) is 19.7 Å². The van der Waals surface area contributed by atoms with E-state index in [2.05, 4.69) is 10.2 Å². The van der Waals surface area contributed by atoms with Crippen molar-refractivity contribution in [3.05, 3.63) is 40.5 Å². The number of hydrogen-bond acceptors (Lipinski definition) is 5. The van der Waals surface area contributed by atoms with E-state index in [0.717, 1.165) is 0 Å². The largest absolute Gasteiger partial charge is 0.483 e. The van der Waals surface area contributed by atoms with Gasteiger partial charge < -0.3 is 4.74 Å². The molecule has 1 aromatic heterocycles. The number of rotatable bonds is 1. The Kier molecular flexibility index (Phi) is 1.67. The van der Waals surface area contributed by atoms with Crippen LogP contribution in [0.4, 0.5) is 5.69 Å². The van der Waals surface area contributed by atoms with Crippen molar-refractivity contribution >= 4 is 5.69 Å². The molecule has 0 N–H and O–H groups in total. The molecule has 1 aliphatic rings. The molecule has 2 heterocycles. The van der Waals surface area contributed by atoms with Crippen LogP contribution in [0.15, 0.2) is 24.5 Å². The minimum absolute atomic E-state index is 0.0175. The van der Waals surface area contributed by atoms with Crippen LogP contribution >= 0.6 is 0 Å². The van der Waals surface area contributed by atoms with Crippen molar-refractivity contribution in [2.75, 3.05) is 0 Å². The lowest BCUT2D eigenvalue weighted by atomic mass is 10.2. The van der Waals surface area contributed by atoms with Gasteiger partial charge in [-0.3, -0.25) is 14.7 Å². The Morgan fingerprint density at radius 2 is 2.38 bits per heavy atom. The summed E-state index contributed by atoms with van der Waals surface area (Å²) in [4.78, 5) is 10.2. The molecular weight excluding hydrogens is 212 g/mol. The SMILES string of the molecule is O=[N+]([O-])c1ccc2c(c1)-n1cnnc1CO2. The maximum atomic E-state index is 10.7. The summed E-state index contributed by atoms with van der Waals surface area (Å²) in [6, 6.07) is 4.44. The van der Waals surface area contributed by atoms with Gasteiger partial charge in [-0.15, -0.1) is 10.2 Å². The van der Waals surface area contributed by atoms with Gasteiger partial charge in [0.2, 0.25) is 0 Å². The average molecular weight is 218 g/mol. The molecule has 0 atom stereocenters. The van der Waals surface area contributed by atoms with Crippen LogP contribution in [-0.2, 0) is 6.61 Å². The molecule has 0 fully saturated rings. The molecule has 2 aromatic rings. The number of fused-ring (bicyclic) bond motifs is 3. The van der Waals surface area contributed by atoms with E-state index in [0.29, 0.717) is 23.9 Å². The van der Waals surface area contributed by atoms with E-state index < -0.39 is 4.92 Å². The molecule has 1 aromatic carbocycles. The van der Waals surface area contributed by atoms with E-state index in [1.807, 2.05) is 0 Å². The lowest BCUT2D eigenvalue weighted by Crippen LogP contribution is -2.12. The quantitative estimate of drug-likeness (QED) is 0.528. The zero-order valence-corrected chi connectivity index (χ0v) is 8.03. The third-order valence-corrected chi connectivity index (χ3v) is 2.39. The lowest BCUT2D eigenvalue weighted by molar-refractivity contribution is -0.384. The molecular formula is C9H6N4O3. The van der Waals surface area contributed by atoms with Crippen LogP contribution in [0.25, 0.3) is 5.69 Å². The zero-order valence-electron chi connectivity index (χ0n) is 8.03. The van der Waals surface area contributed by atoms with E-state index in [-0.39, 0.29) is 5.69 Å². The molecule has 0 unspecified atom stereocenters. The first-order chi connectivity index (χ1) is 7.75. The Labute approximate surface area is 89.4 Å². The molecule has 0 saturated carbocycles. The summed E-state index contributed by atoms with van der Waals surface area (Å²) < 4.78 is 7.08. The molecule has 0 amide bonds. The molecule has 80 valence electrons. The van der Waals surface area contributed by atoms with Gasteiger partial charge in [-0.2, -0.15) is 0 Å². The summed E-state index contributed by atoms with van der Waals surface area (Å²) in [5.41, 5.74) is 0.615. The molecule has 0 radical (unpaired) electrons. The lowest BCUT2D eigenvalue weighted by Gasteiger charge is -2.17. The molecule has 3 rings (SSSR count). The van der Waals surface area contributed by atoms with Crippen LogP contribution in [0.2, 0.25) is 0 Å². The first kappa shape index (κ1) is 8.84. The molecule has 0 aliphatic carbocycles. The summed E-state index contributed by atoms with van der Waals surface area (Å²) in [6.07, 6.45) is 1.51. The summed E-state index contributed by atoms with van der Waals surface area (Å²) in [6.45, 7) is 0.324. The van der Waals surface area contributed by atoms with E-state index in [1.54, 1.807) is 10.6 Å². The van der Waals surface area contributed by atoms with E-state index in [1.165, 1.54) is 18.5 Å². The number of ether oxygens (including phenoxy) is 1. The highest BCUT2D eigenvalue weighted by Gasteiger charge is 2.20. The second kappa shape index (κ2) is 3.02. The average Bonchev–Trinajstić information content (AvgIpc) is 2.76. The third kappa shape index (κ3) is 1.14. The fraction of sp³-hybridized carbons (Fsp3) is 0.111. The number of nitro groups is 1. The van der Waals surface area contributed by atoms with E-state index >= 15 is 0 Å². The van der Waals surface area contributed by atoms with Crippen molar-refractivity contribution in [3.63, 3.8) is 0 Å². The zero-order chi connectivity index (χ0) is 11.1. The fourth-order valence-electron chi connectivity index (χ4n) is 1.63. The molecule has 7 heteroatoms. The van der Waals surface area contributed by atoms with Crippen LogP contribution in [0.5, 0.6) is 5.75 Å². The standard InChI is InChI=1S/C9H6N4O3/c14-13(15)6-1-2-8-7(3-6)12-5-10-11-9(12)4-16-8/h1-3,5H,4H2. The van der Waals surface area contributed by atoms with Crippen molar-refractivity contribution in [1.82, 2.24) is 14.8 Å². The van der Waals surface area contributed by atoms with Crippen molar-refractivity contribution in [3.8, 4) is 11.4 Å². The van der Waals surface area contributed by atoms with Gasteiger partial charge in [0.15, 0.2) is 5.82 Å². The summed E-state index contributed by atoms with van der Waals surface area (Å²) >= 11 is 0. The normalized spacial score (nSPS) is 12.5. The van der Waals surface area contributed by atoms with Gasteiger partial charge in [0, 0.05) is 12.1 Å². The minimum Gasteiger partial charge on any atom is -0.483 e. The Morgan fingerprint density at radius 1 is 1.50 bits per heavy atom. The molecule has 0 saturated heterocycles. The smallest absolute Gasteiger partial charge is 0.271 e. The highest BCUT2D eigenvalue weighted by molar-refractivity contribution is 5.55. The van der Waals surface area contributed by atoms with Crippen molar-refractivity contribution in [2.24, 2.45) is 0 Å². The number of benzene rings is 1. The Morgan fingerprint density at radius 3 is 3.19 bits per heavy atom.